The molecule has 1 aromatic carbocycles. The molecule has 104 valence electrons. The molecule has 0 saturated heterocycles. The standard InChI is InChI=1S/C13H15N5O2/c1-18(9-3-5-10(20-2)6-4-9)13-11(12(14)17-19)15-7-8-16-13/h3-8,19H,1-2H3,(H2,14,17). The summed E-state index contributed by atoms with van der Waals surface area (Å²) in [5, 5.41) is 11.8. The molecular weight excluding hydrogens is 258 g/mol. The van der Waals surface area contributed by atoms with E-state index in [0.717, 1.165) is 11.4 Å². The molecule has 0 unspecified atom stereocenters. The Morgan fingerprint density at radius 3 is 2.50 bits per heavy atom. The van der Waals surface area contributed by atoms with Gasteiger partial charge in [-0.25, -0.2) is 9.97 Å². The predicted molar refractivity (Wildman–Crippen MR) is 75.6 cm³/mol. The summed E-state index contributed by atoms with van der Waals surface area (Å²) in [5.41, 5.74) is 6.79. The summed E-state index contributed by atoms with van der Waals surface area (Å²) in [6.45, 7) is 0. The number of rotatable bonds is 4. The Balaban J connectivity index is 2.39. The highest BCUT2D eigenvalue weighted by atomic mass is 16.5. The van der Waals surface area contributed by atoms with Gasteiger partial charge in [-0.1, -0.05) is 5.16 Å². The smallest absolute Gasteiger partial charge is 0.192 e. The molecule has 2 rings (SSSR count). The molecule has 20 heavy (non-hydrogen) atoms. The summed E-state index contributed by atoms with van der Waals surface area (Å²) in [6, 6.07) is 7.43. The van der Waals surface area contributed by atoms with Gasteiger partial charge in [0.1, 0.15) is 5.75 Å². The van der Waals surface area contributed by atoms with Crippen molar-refractivity contribution >= 4 is 17.3 Å². The van der Waals surface area contributed by atoms with Crippen LogP contribution in [0, 0.1) is 0 Å². The second-order valence-corrected chi connectivity index (χ2v) is 3.97. The molecule has 0 aliphatic heterocycles. The topological polar surface area (TPSA) is 96.9 Å². The van der Waals surface area contributed by atoms with Gasteiger partial charge in [-0.3, -0.25) is 0 Å². The second kappa shape index (κ2) is 5.87. The monoisotopic (exact) mass is 273 g/mol. The highest BCUT2D eigenvalue weighted by Crippen LogP contribution is 2.25. The van der Waals surface area contributed by atoms with E-state index >= 15 is 0 Å². The minimum atomic E-state index is -0.0894. The molecule has 0 fully saturated rings. The molecule has 0 spiro atoms. The van der Waals surface area contributed by atoms with Gasteiger partial charge >= 0.3 is 0 Å². The van der Waals surface area contributed by atoms with Gasteiger partial charge in [0, 0.05) is 25.1 Å². The number of hydrogen-bond donors (Lipinski definition) is 2. The van der Waals surface area contributed by atoms with E-state index < -0.39 is 0 Å². The Labute approximate surface area is 116 Å². The molecule has 7 heteroatoms. The van der Waals surface area contributed by atoms with Crippen LogP contribution in [0.25, 0.3) is 0 Å². The zero-order valence-electron chi connectivity index (χ0n) is 11.2. The molecule has 7 nitrogen and oxygen atoms in total. The van der Waals surface area contributed by atoms with Crippen molar-refractivity contribution < 1.29 is 9.94 Å². The van der Waals surface area contributed by atoms with Crippen LogP contribution in [0.15, 0.2) is 41.8 Å². The van der Waals surface area contributed by atoms with Crippen LogP contribution in [0.4, 0.5) is 11.5 Å². The van der Waals surface area contributed by atoms with Gasteiger partial charge in [0.15, 0.2) is 17.3 Å². The van der Waals surface area contributed by atoms with Crippen molar-refractivity contribution in [2.75, 3.05) is 19.1 Å². The fourth-order valence-corrected chi connectivity index (χ4v) is 1.73. The predicted octanol–water partition coefficient (Wildman–Crippen LogP) is 1.35. The minimum Gasteiger partial charge on any atom is -0.497 e. The second-order valence-electron chi connectivity index (χ2n) is 3.97. The first-order chi connectivity index (χ1) is 9.67. The summed E-state index contributed by atoms with van der Waals surface area (Å²) in [7, 11) is 3.43. The number of nitrogens with zero attached hydrogens (tertiary/aromatic N) is 4. The number of hydrogen-bond acceptors (Lipinski definition) is 6. The van der Waals surface area contributed by atoms with Crippen LogP contribution in [0.2, 0.25) is 0 Å². The Hall–Kier alpha value is -2.83. The van der Waals surface area contributed by atoms with Crippen LogP contribution in [0.3, 0.4) is 0 Å². The lowest BCUT2D eigenvalue weighted by molar-refractivity contribution is 0.318. The Kier molecular flexibility index (Phi) is 3.99. The number of ether oxygens (including phenoxy) is 1. The van der Waals surface area contributed by atoms with Crippen LogP contribution in [-0.2, 0) is 0 Å². The lowest BCUT2D eigenvalue weighted by atomic mass is 10.2. The first kappa shape index (κ1) is 13.6. The normalized spacial score (nSPS) is 11.2. The third kappa shape index (κ3) is 2.61. The molecular formula is C13H15N5O2. The Morgan fingerprint density at radius 2 is 1.90 bits per heavy atom. The summed E-state index contributed by atoms with van der Waals surface area (Å²) >= 11 is 0. The third-order valence-electron chi connectivity index (χ3n) is 2.81. The van der Waals surface area contributed by atoms with Crippen molar-refractivity contribution in [3.63, 3.8) is 0 Å². The van der Waals surface area contributed by atoms with Crippen molar-refractivity contribution in [2.24, 2.45) is 10.9 Å². The maximum Gasteiger partial charge on any atom is 0.192 e. The molecule has 3 N–H and O–H groups in total. The SMILES string of the molecule is COc1ccc(N(C)c2nccnc2C(N)=NO)cc1. The zero-order valence-corrected chi connectivity index (χ0v) is 11.2. The minimum absolute atomic E-state index is 0.0894. The first-order valence-corrected chi connectivity index (χ1v) is 5.84. The fourth-order valence-electron chi connectivity index (χ4n) is 1.73. The highest BCUT2D eigenvalue weighted by Gasteiger charge is 2.15. The molecule has 0 amide bonds. The maximum absolute atomic E-state index is 8.79. The van der Waals surface area contributed by atoms with E-state index in [1.54, 1.807) is 18.2 Å². The molecule has 0 atom stereocenters. The van der Waals surface area contributed by atoms with E-state index in [9.17, 15) is 0 Å². The quantitative estimate of drug-likeness (QED) is 0.378. The van der Waals surface area contributed by atoms with E-state index in [-0.39, 0.29) is 5.84 Å². The van der Waals surface area contributed by atoms with Crippen LogP contribution in [-0.4, -0.2) is 35.2 Å². The van der Waals surface area contributed by atoms with Gasteiger partial charge in [-0.05, 0) is 24.3 Å². The zero-order chi connectivity index (χ0) is 14.5. The molecule has 1 heterocycles. The number of amidine groups is 1. The summed E-state index contributed by atoms with van der Waals surface area (Å²) in [6.07, 6.45) is 3.03. The van der Waals surface area contributed by atoms with E-state index in [2.05, 4.69) is 15.1 Å². The highest BCUT2D eigenvalue weighted by molar-refractivity contribution is 6.00. The number of benzene rings is 1. The van der Waals surface area contributed by atoms with E-state index in [1.807, 2.05) is 31.3 Å². The molecule has 0 radical (unpaired) electrons. The number of nitrogens with two attached hydrogens (primary N) is 1. The van der Waals surface area contributed by atoms with Crippen LogP contribution >= 0.6 is 0 Å². The lowest BCUT2D eigenvalue weighted by Gasteiger charge is -2.20. The number of aromatic nitrogens is 2. The fraction of sp³-hybridized carbons (Fsp3) is 0.154. The van der Waals surface area contributed by atoms with Gasteiger partial charge in [0.25, 0.3) is 0 Å². The van der Waals surface area contributed by atoms with E-state index in [4.69, 9.17) is 15.7 Å². The molecule has 0 aliphatic carbocycles. The molecule has 1 aromatic heterocycles. The molecule has 0 aliphatic rings. The van der Waals surface area contributed by atoms with Crippen molar-refractivity contribution in [2.45, 2.75) is 0 Å². The van der Waals surface area contributed by atoms with Gasteiger partial charge in [-0.2, -0.15) is 0 Å². The van der Waals surface area contributed by atoms with Crippen LogP contribution < -0.4 is 15.4 Å². The largest absolute Gasteiger partial charge is 0.497 e. The van der Waals surface area contributed by atoms with Crippen molar-refractivity contribution in [3.05, 3.63) is 42.4 Å². The molecule has 0 bridgehead atoms. The Morgan fingerprint density at radius 1 is 1.25 bits per heavy atom. The van der Waals surface area contributed by atoms with Gasteiger partial charge in [0.2, 0.25) is 0 Å². The average Bonchev–Trinajstić information content (AvgIpc) is 2.53. The van der Waals surface area contributed by atoms with Gasteiger partial charge in [0.05, 0.1) is 7.11 Å². The average molecular weight is 273 g/mol. The van der Waals surface area contributed by atoms with Gasteiger partial charge in [-0.15, -0.1) is 0 Å². The van der Waals surface area contributed by atoms with E-state index in [1.165, 1.54) is 6.20 Å². The van der Waals surface area contributed by atoms with Crippen molar-refractivity contribution in [1.82, 2.24) is 9.97 Å². The van der Waals surface area contributed by atoms with Crippen LogP contribution in [0.5, 0.6) is 5.75 Å². The van der Waals surface area contributed by atoms with Crippen molar-refractivity contribution in [3.8, 4) is 5.75 Å². The third-order valence-corrected chi connectivity index (χ3v) is 2.81. The number of methoxy groups -OCH3 is 1. The Bertz CT molecular complexity index is 612. The maximum atomic E-state index is 8.79. The first-order valence-electron chi connectivity index (χ1n) is 5.84. The van der Waals surface area contributed by atoms with Crippen LogP contribution in [0.1, 0.15) is 5.69 Å². The summed E-state index contributed by atoms with van der Waals surface area (Å²) in [5.74, 6) is 1.17. The number of anilines is 2. The van der Waals surface area contributed by atoms with Gasteiger partial charge < -0.3 is 20.6 Å². The number of oxime groups is 1. The van der Waals surface area contributed by atoms with E-state index in [0.29, 0.717) is 11.5 Å². The summed E-state index contributed by atoms with van der Waals surface area (Å²) in [4.78, 5) is 10.1. The van der Waals surface area contributed by atoms with Crippen molar-refractivity contribution in [1.29, 1.82) is 0 Å². The molecule has 0 saturated carbocycles. The lowest BCUT2D eigenvalue weighted by Crippen LogP contribution is -2.22. The molecule has 2 aromatic rings. The summed E-state index contributed by atoms with van der Waals surface area (Å²) < 4.78 is 5.12.